The molecule has 1 atom stereocenters. The Morgan fingerprint density at radius 1 is 1.08 bits per heavy atom. The predicted molar refractivity (Wildman–Crippen MR) is 94.5 cm³/mol. The van der Waals surface area contributed by atoms with E-state index in [1.54, 1.807) is 12.1 Å². The first-order valence-electron chi connectivity index (χ1n) is 7.59. The molecule has 24 heavy (non-hydrogen) atoms. The van der Waals surface area contributed by atoms with Gasteiger partial charge in [0.2, 0.25) is 0 Å². The second kappa shape index (κ2) is 7.34. The van der Waals surface area contributed by atoms with Crippen molar-refractivity contribution in [2.45, 2.75) is 6.10 Å². The third-order valence-corrected chi connectivity index (χ3v) is 4.07. The Morgan fingerprint density at radius 3 is 2.50 bits per heavy atom. The molecule has 0 bridgehead atoms. The number of carbonyl (C=O) groups excluding carboxylic acids is 1. The Balaban J connectivity index is 1.72. The molecule has 1 heterocycles. The highest BCUT2D eigenvalue weighted by Crippen LogP contribution is 2.20. The van der Waals surface area contributed by atoms with Crippen LogP contribution in [0.1, 0.15) is 22.0 Å². The van der Waals surface area contributed by atoms with Crippen LogP contribution >= 0.6 is 11.6 Å². The van der Waals surface area contributed by atoms with E-state index in [0.717, 1.165) is 11.3 Å². The van der Waals surface area contributed by atoms with Crippen molar-refractivity contribution in [2.24, 2.45) is 0 Å². The minimum atomic E-state index is -0.762. The number of nitrogens with zero attached hydrogens (tertiary/aromatic N) is 1. The first-order valence-corrected chi connectivity index (χ1v) is 7.97. The molecule has 3 aromatic rings. The smallest absolute Gasteiger partial charge is 0.252 e. The number of amides is 1. The molecule has 0 spiro atoms. The van der Waals surface area contributed by atoms with Gasteiger partial charge in [-0.25, -0.2) is 0 Å². The number of hydrogen-bond donors (Lipinski definition) is 2. The van der Waals surface area contributed by atoms with Crippen LogP contribution in [0.25, 0.3) is 5.69 Å². The fourth-order valence-corrected chi connectivity index (χ4v) is 2.64. The Kier molecular flexibility index (Phi) is 4.99. The standard InChI is InChI=1S/C19H17ClN2O2/c20-17-9-8-15(22-10-4-5-11-22)12-16(17)19(24)21-13-18(23)14-6-2-1-3-7-14/h1-12,18,23H,13H2,(H,21,24). The van der Waals surface area contributed by atoms with E-state index in [1.807, 2.05) is 65.5 Å². The van der Waals surface area contributed by atoms with Crippen LogP contribution in [0.4, 0.5) is 0 Å². The maximum atomic E-state index is 12.4. The molecule has 0 fully saturated rings. The zero-order valence-electron chi connectivity index (χ0n) is 12.9. The van der Waals surface area contributed by atoms with Gasteiger partial charge in [-0.15, -0.1) is 0 Å². The van der Waals surface area contributed by atoms with Crippen molar-refractivity contribution in [3.8, 4) is 5.69 Å². The lowest BCUT2D eigenvalue weighted by molar-refractivity contribution is 0.0916. The van der Waals surface area contributed by atoms with Gasteiger partial charge >= 0.3 is 0 Å². The summed E-state index contributed by atoms with van der Waals surface area (Å²) < 4.78 is 1.89. The second-order valence-electron chi connectivity index (χ2n) is 5.39. The molecule has 2 N–H and O–H groups in total. The van der Waals surface area contributed by atoms with Crippen LogP contribution in [0, 0.1) is 0 Å². The fraction of sp³-hybridized carbons (Fsp3) is 0.105. The van der Waals surface area contributed by atoms with Crippen molar-refractivity contribution in [2.75, 3.05) is 6.54 Å². The van der Waals surface area contributed by atoms with E-state index in [-0.39, 0.29) is 12.5 Å². The molecular weight excluding hydrogens is 324 g/mol. The Bertz CT molecular complexity index is 817. The zero-order chi connectivity index (χ0) is 16.9. The molecule has 0 radical (unpaired) electrons. The summed E-state index contributed by atoms with van der Waals surface area (Å²) in [6.07, 6.45) is 3.02. The topological polar surface area (TPSA) is 54.3 Å². The highest BCUT2D eigenvalue weighted by molar-refractivity contribution is 6.33. The molecule has 0 aliphatic rings. The Labute approximate surface area is 145 Å². The lowest BCUT2D eigenvalue weighted by atomic mass is 10.1. The third-order valence-electron chi connectivity index (χ3n) is 3.74. The van der Waals surface area contributed by atoms with Crippen molar-refractivity contribution in [1.29, 1.82) is 0 Å². The van der Waals surface area contributed by atoms with Gasteiger partial charge in [-0.2, -0.15) is 0 Å². The van der Waals surface area contributed by atoms with Gasteiger partial charge < -0.3 is 15.0 Å². The summed E-state index contributed by atoms with van der Waals surface area (Å²) in [5.41, 5.74) is 1.98. The first-order chi connectivity index (χ1) is 11.6. The molecule has 1 unspecified atom stereocenters. The Hall–Kier alpha value is -2.56. The number of aliphatic hydroxyl groups is 1. The summed E-state index contributed by atoms with van der Waals surface area (Å²) in [6, 6.07) is 18.3. The van der Waals surface area contributed by atoms with Crippen molar-refractivity contribution >= 4 is 17.5 Å². The summed E-state index contributed by atoms with van der Waals surface area (Å²) in [5, 5.41) is 13.2. The van der Waals surface area contributed by atoms with Gasteiger partial charge in [0.1, 0.15) is 0 Å². The van der Waals surface area contributed by atoms with Gasteiger partial charge in [-0.05, 0) is 35.9 Å². The first kappa shape index (κ1) is 16.3. The molecule has 2 aromatic carbocycles. The molecule has 122 valence electrons. The average molecular weight is 341 g/mol. The molecule has 3 rings (SSSR count). The minimum Gasteiger partial charge on any atom is -0.387 e. The number of halogens is 1. The summed E-state index contributed by atoms with van der Waals surface area (Å²) in [4.78, 5) is 12.4. The molecule has 0 aliphatic heterocycles. The predicted octanol–water partition coefficient (Wildman–Crippen LogP) is 3.59. The third kappa shape index (κ3) is 3.67. The molecule has 0 aliphatic carbocycles. The molecular formula is C19H17ClN2O2. The molecule has 1 aromatic heterocycles. The van der Waals surface area contributed by atoms with Gasteiger partial charge in [0.25, 0.3) is 5.91 Å². The van der Waals surface area contributed by atoms with E-state index in [9.17, 15) is 9.90 Å². The van der Waals surface area contributed by atoms with E-state index in [1.165, 1.54) is 0 Å². The summed E-state index contributed by atoms with van der Waals surface area (Å²) in [6.45, 7) is 0.118. The maximum Gasteiger partial charge on any atom is 0.252 e. The van der Waals surface area contributed by atoms with Crippen LogP contribution in [0.5, 0.6) is 0 Å². The van der Waals surface area contributed by atoms with Crippen molar-refractivity contribution in [3.05, 3.63) is 89.2 Å². The van der Waals surface area contributed by atoms with E-state index < -0.39 is 6.10 Å². The van der Waals surface area contributed by atoms with E-state index in [0.29, 0.717) is 10.6 Å². The number of nitrogens with one attached hydrogen (secondary N) is 1. The summed E-state index contributed by atoms with van der Waals surface area (Å²) >= 11 is 6.15. The number of hydrogen-bond acceptors (Lipinski definition) is 2. The highest BCUT2D eigenvalue weighted by Gasteiger charge is 2.14. The molecule has 0 saturated carbocycles. The van der Waals surface area contributed by atoms with Gasteiger partial charge in [0, 0.05) is 24.6 Å². The second-order valence-corrected chi connectivity index (χ2v) is 5.80. The van der Waals surface area contributed by atoms with Crippen LogP contribution < -0.4 is 5.32 Å². The quantitative estimate of drug-likeness (QED) is 0.745. The fourth-order valence-electron chi connectivity index (χ4n) is 2.43. The molecule has 0 saturated heterocycles. The summed E-state index contributed by atoms with van der Waals surface area (Å²) in [5.74, 6) is -0.316. The number of rotatable bonds is 5. The van der Waals surface area contributed by atoms with E-state index in [2.05, 4.69) is 5.32 Å². The van der Waals surface area contributed by atoms with Crippen LogP contribution in [-0.4, -0.2) is 22.1 Å². The van der Waals surface area contributed by atoms with Crippen molar-refractivity contribution in [3.63, 3.8) is 0 Å². The SMILES string of the molecule is O=C(NCC(O)c1ccccc1)c1cc(-n2cccc2)ccc1Cl. The lowest BCUT2D eigenvalue weighted by Gasteiger charge is -2.13. The number of carbonyl (C=O) groups is 1. The lowest BCUT2D eigenvalue weighted by Crippen LogP contribution is -2.28. The Morgan fingerprint density at radius 2 is 1.79 bits per heavy atom. The molecule has 5 heteroatoms. The summed E-state index contributed by atoms with van der Waals surface area (Å²) in [7, 11) is 0. The van der Waals surface area contributed by atoms with Crippen LogP contribution in [-0.2, 0) is 0 Å². The zero-order valence-corrected chi connectivity index (χ0v) is 13.6. The maximum absolute atomic E-state index is 12.4. The largest absolute Gasteiger partial charge is 0.387 e. The van der Waals surface area contributed by atoms with E-state index in [4.69, 9.17) is 11.6 Å². The number of aromatic nitrogens is 1. The number of benzene rings is 2. The van der Waals surface area contributed by atoms with Crippen molar-refractivity contribution in [1.82, 2.24) is 9.88 Å². The molecule has 4 nitrogen and oxygen atoms in total. The monoisotopic (exact) mass is 340 g/mol. The van der Waals surface area contributed by atoms with E-state index >= 15 is 0 Å². The van der Waals surface area contributed by atoms with Crippen molar-refractivity contribution < 1.29 is 9.90 Å². The van der Waals surface area contributed by atoms with Gasteiger partial charge in [-0.1, -0.05) is 41.9 Å². The van der Waals surface area contributed by atoms with Crippen LogP contribution in [0.3, 0.4) is 0 Å². The molecule has 1 amide bonds. The normalized spacial score (nSPS) is 11.9. The van der Waals surface area contributed by atoms with Crippen LogP contribution in [0.15, 0.2) is 73.1 Å². The number of aliphatic hydroxyl groups excluding tert-OH is 1. The highest BCUT2D eigenvalue weighted by atomic mass is 35.5. The average Bonchev–Trinajstić information content (AvgIpc) is 3.15. The minimum absolute atomic E-state index is 0.118. The van der Waals surface area contributed by atoms with Gasteiger partial charge in [0.05, 0.1) is 16.7 Å². The van der Waals surface area contributed by atoms with Crippen LogP contribution in [0.2, 0.25) is 5.02 Å². The van der Waals surface area contributed by atoms with Gasteiger partial charge in [0.15, 0.2) is 0 Å². The van der Waals surface area contributed by atoms with Gasteiger partial charge in [-0.3, -0.25) is 4.79 Å².